The molecular weight excluding hydrogens is 342 g/mol. The number of ketones is 1. The van der Waals surface area contributed by atoms with Crippen molar-refractivity contribution in [3.05, 3.63) is 102 Å². The fourth-order valence-electron chi connectivity index (χ4n) is 4.30. The van der Waals surface area contributed by atoms with Crippen molar-refractivity contribution >= 4 is 16.7 Å². The molecule has 0 aliphatic carbocycles. The van der Waals surface area contributed by atoms with Crippen LogP contribution in [-0.4, -0.2) is 10.4 Å². The van der Waals surface area contributed by atoms with Gasteiger partial charge in [0.2, 0.25) is 0 Å². The van der Waals surface area contributed by atoms with Gasteiger partial charge in [-0.3, -0.25) is 0 Å². The number of carbonyl (C=O) groups is 1. The van der Waals surface area contributed by atoms with Gasteiger partial charge in [0.25, 0.3) is 0 Å². The fraction of sp³-hybridized carbons (Fsp3) is 0.192. The molecule has 0 bridgehead atoms. The summed E-state index contributed by atoms with van der Waals surface area (Å²) in [5.41, 5.74) is 4.88. The number of benzene rings is 3. The van der Waals surface area contributed by atoms with E-state index >= 15 is 0 Å². The van der Waals surface area contributed by atoms with E-state index in [2.05, 4.69) is 90.5 Å². The third kappa shape index (κ3) is 3.50. The molecule has 2 nitrogen and oxygen atoms in total. The zero-order chi connectivity index (χ0) is 19.5. The highest BCUT2D eigenvalue weighted by Crippen LogP contribution is 2.39. The lowest BCUT2D eigenvalue weighted by atomic mass is 9.79. The van der Waals surface area contributed by atoms with Crippen molar-refractivity contribution in [2.45, 2.75) is 26.2 Å². The van der Waals surface area contributed by atoms with E-state index in [1.54, 1.807) is 6.92 Å². The van der Waals surface area contributed by atoms with Gasteiger partial charge >= 0.3 is 0 Å². The zero-order valence-electron chi connectivity index (χ0n) is 16.4. The molecule has 28 heavy (non-hydrogen) atoms. The lowest BCUT2D eigenvalue weighted by molar-refractivity contribution is -0.117. The van der Waals surface area contributed by atoms with Gasteiger partial charge in [0.05, 0.1) is 5.52 Å². The molecule has 0 radical (unpaired) electrons. The van der Waals surface area contributed by atoms with Crippen LogP contribution in [0.15, 0.2) is 91.1 Å². The number of fused-ring (bicyclic) bond motifs is 1. The third-order valence-corrected chi connectivity index (χ3v) is 5.45. The van der Waals surface area contributed by atoms with Crippen LogP contribution in [0.4, 0.5) is 0 Å². The molecule has 0 N–H and O–H groups in total. The second-order valence-electron chi connectivity index (χ2n) is 7.58. The van der Waals surface area contributed by atoms with Crippen LogP contribution in [0.5, 0.6) is 0 Å². The van der Waals surface area contributed by atoms with E-state index in [0.29, 0.717) is 6.42 Å². The first kappa shape index (κ1) is 18.2. The van der Waals surface area contributed by atoms with E-state index in [4.69, 9.17) is 0 Å². The van der Waals surface area contributed by atoms with Crippen LogP contribution in [0.2, 0.25) is 0 Å². The Morgan fingerprint density at radius 2 is 1.46 bits per heavy atom. The van der Waals surface area contributed by atoms with Gasteiger partial charge in [0.15, 0.2) is 0 Å². The Morgan fingerprint density at radius 3 is 2.14 bits per heavy atom. The molecule has 1 aromatic heterocycles. The third-order valence-electron chi connectivity index (χ3n) is 5.45. The maximum atomic E-state index is 11.9. The summed E-state index contributed by atoms with van der Waals surface area (Å²) in [6, 6.07) is 29.5. The number of rotatable bonds is 6. The summed E-state index contributed by atoms with van der Waals surface area (Å²) < 4.78 is 2.26. The first-order valence-corrected chi connectivity index (χ1v) is 9.85. The molecule has 3 aromatic carbocycles. The van der Waals surface area contributed by atoms with Crippen LogP contribution in [0.1, 0.15) is 37.3 Å². The summed E-state index contributed by atoms with van der Waals surface area (Å²) in [6.45, 7) is 3.87. The maximum Gasteiger partial charge on any atom is 0.130 e. The highest BCUT2D eigenvalue weighted by atomic mass is 16.1. The van der Waals surface area contributed by atoms with Gasteiger partial charge in [-0.25, -0.2) is 0 Å². The van der Waals surface area contributed by atoms with Gasteiger partial charge in [-0.05, 0) is 42.2 Å². The Hall–Kier alpha value is -3.13. The molecule has 1 heterocycles. The van der Waals surface area contributed by atoms with Crippen molar-refractivity contribution in [3.8, 4) is 5.69 Å². The zero-order valence-corrected chi connectivity index (χ0v) is 16.4. The molecule has 0 saturated heterocycles. The van der Waals surface area contributed by atoms with Crippen molar-refractivity contribution in [2.24, 2.45) is 5.92 Å². The predicted octanol–water partition coefficient (Wildman–Crippen LogP) is 6.38. The Balaban J connectivity index is 1.93. The predicted molar refractivity (Wildman–Crippen MR) is 116 cm³/mol. The van der Waals surface area contributed by atoms with E-state index in [1.165, 1.54) is 22.0 Å². The largest absolute Gasteiger partial charge is 0.316 e. The number of hydrogen-bond acceptors (Lipinski definition) is 1. The average Bonchev–Trinajstić information content (AvgIpc) is 3.09. The first-order valence-electron chi connectivity index (χ1n) is 9.85. The van der Waals surface area contributed by atoms with Crippen LogP contribution in [-0.2, 0) is 4.79 Å². The smallest absolute Gasteiger partial charge is 0.130 e. The first-order chi connectivity index (χ1) is 13.6. The molecule has 0 spiro atoms. The van der Waals surface area contributed by atoms with E-state index in [0.717, 1.165) is 5.69 Å². The minimum Gasteiger partial charge on any atom is -0.316 e. The van der Waals surface area contributed by atoms with Gasteiger partial charge in [0.1, 0.15) is 5.78 Å². The number of nitrogens with zero attached hydrogens (tertiary/aromatic N) is 1. The number of aromatic nitrogens is 1. The summed E-state index contributed by atoms with van der Waals surface area (Å²) in [7, 11) is 0. The Bertz CT molecular complexity index is 1080. The molecule has 4 rings (SSSR count). The van der Waals surface area contributed by atoms with Gasteiger partial charge in [0, 0.05) is 29.6 Å². The molecular formula is C26H25NO. The second-order valence-corrected chi connectivity index (χ2v) is 7.58. The van der Waals surface area contributed by atoms with Gasteiger partial charge in [-0.15, -0.1) is 0 Å². The van der Waals surface area contributed by atoms with Crippen LogP contribution >= 0.6 is 0 Å². The molecule has 0 saturated carbocycles. The van der Waals surface area contributed by atoms with Crippen molar-refractivity contribution in [1.82, 2.24) is 4.57 Å². The van der Waals surface area contributed by atoms with Crippen LogP contribution in [0.3, 0.4) is 0 Å². The Labute approximate surface area is 166 Å². The average molecular weight is 367 g/mol. The minimum absolute atomic E-state index is 0.167. The van der Waals surface area contributed by atoms with Gasteiger partial charge in [-0.1, -0.05) is 73.7 Å². The molecule has 0 aliphatic heterocycles. The maximum absolute atomic E-state index is 11.9. The van der Waals surface area contributed by atoms with E-state index in [1.807, 2.05) is 12.1 Å². The van der Waals surface area contributed by atoms with E-state index in [-0.39, 0.29) is 17.6 Å². The normalized spacial score (nSPS) is 13.4. The van der Waals surface area contributed by atoms with Crippen molar-refractivity contribution in [3.63, 3.8) is 0 Å². The molecule has 2 heteroatoms. The highest BCUT2D eigenvalue weighted by molar-refractivity contribution is 5.87. The molecule has 4 aromatic rings. The monoisotopic (exact) mass is 367 g/mol. The Kier molecular flexibility index (Phi) is 5.12. The highest BCUT2D eigenvalue weighted by Gasteiger charge is 2.26. The quantitative estimate of drug-likeness (QED) is 0.388. The standard InChI is InChI=1S/C26H25NO/c1-19(17-20(2)28)26(21-11-5-3-6-12-21)24-18-27(22-13-7-4-8-14-22)25-16-10-9-15-23(24)25/h3-16,18-19,26H,17H2,1-2H3/t19-,26?/m1/s1. The summed E-state index contributed by atoms with van der Waals surface area (Å²) in [5, 5.41) is 1.25. The summed E-state index contributed by atoms with van der Waals surface area (Å²) in [5.74, 6) is 0.620. The number of hydrogen-bond donors (Lipinski definition) is 0. The number of Topliss-reactive ketones (excluding diaryl/α,β-unsaturated/α-hetero) is 1. The molecule has 0 amide bonds. The van der Waals surface area contributed by atoms with Gasteiger partial charge in [-0.2, -0.15) is 0 Å². The summed E-state index contributed by atoms with van der Waals surface area (Å²) in [6.07, 6.45) is 2.83. The Morgan fingerprint density at radius 1 is 0.857 bits per heavy atom. The number of para-hydroxylation sites is 2. The molecule has 2 atom stereocenters. The molecule has 0 fully saturated rings. The molecule has 140 valence electrons. The minimum atomic E-state index is 0.167. The SMILES string of the molecule is CC(=O)C[C@@H](C)C(c1ccccc1)c1cn(-c2ccccc2)c2ccccc12. The summed E-state index contributed by atoms with van der Waals surface area (Å²) >= 11 is 0. The van der Waals surface area contributed by atoms with Crippen LogP contribution < -0.4 is 0 Å². The van der Waals surface area contributed by atoms with Crippen molar-refractivity contribution in [2.75, 3.05) is 0 Å². The summed E-state index contributed by atoms with van der Waals surface area (Å²) in [4.78, 5) is 11.9. The topological polar surface area (TPSA) is 22.0 Å². The van der Waals surface area contributed by atoms with Gasteiger partial charge < -0.3 is 9.36 Å². The molecule has 1 unspecified atom stereocenters. The van der Waals surface area contributed by atoms with Crippen molar-refractivity contribution < 1.29 is 4.79 Å². The van der Waals surface area contributed by atoms with E-state index < -0.39 is 0 Å². The fourth-order valence-corrected chi connectivity index (χ4v) is 4.30. The number of carbonyl (C=O) groups excluding carboxylic acids is 1. The van der Waals surface area contributed by atoms with Crippen LogP contribution in [0.25, 0.3) is 16.6 Å². The van der Waals surface area contributed by atoms with Crippen LogP contribution in [0, 0.1) is 5.92 Å². The van der Waals surface area contributed by atoms with E-state index in [9.17, 15) is 4.79 Å². The second kappa shape index (κ2) is 7.85. The lowest BCUT2D eigenvalue weighted by Crippen LogP contribution is -2.14. The lowest BCUT2D eigenvalue weighted by Gasteiger charge is -2.24. The van der Waals surface area contributed by atoms with Crippen molar-refractivity contribution in [1.29, 1.82) is 0 Å². The molecule has 0 aliphatic rings.